The van der Waals surface area contributed by atoms with E-state index in [4.69, 9.17) is 4.98 Å². The van der Waals surface area contributed by atoms with Crippen LogP contribution in [0.2, 0.25) is 0 Å². The van der Waals surface area contributed by atoms with E-state index in [-0.39, 0.29) is 23.7 Å². The molecule has 8 nitrogen and oxygen atoms in total. The standard InChI is InChI=1S/C27H27N5O3S/c1-18-14-19(2)25-24(15-18)36-27(29-25)31(17-21-8-4-5-11-28-21)26(33)20-9-10-22(23(16-20)32(34)35)30-12-6-3-7-13-30/h4-5,8-11,14-16H,3,6-7,12-13,17H2,1-2H3. The zero-order valence-electron chi connectivity index (χ0n) is 20.3. The van der Waals surface area contributed by atoms with Crippen LogP contribution in [0, 0.1) is 24.0 Å². The monoisotopic (exact) mass is 501 g/mol. The highest BCUT2D eigenvalue weighted by Crippen LogP contribution is 2.35. The van der Waals surface area contributed by atoms with Crippen molar-refractivity contribution in [1.29, 1.82) is 0 Å². The zero-order valence-corrected chi connectivity index (χ0v) is 21.1. The molecular weight excluding hydrogens is 474 g/mol. The molecule has 1 aliphatic heterocycles. The first-order valence-corrected chi connectivity index (χ1v) is 12.9. The van der Waals surface area contributed by atoms with Gasteiger partial charge in [0.15, 0.2) is 5.13 Å². The molecular formula is C27H27N5O3S. The number of pyridine rings is 1. The summed E-state index contributed by atoms with van der Waals surface area (Å²) in [6, 6.07) is 14.5. The second-order valence-electron chi connectivity index (χ2n) is 9.15. The molecule has 3 heterocycles. The van der Waals surface area contributed by atoms with Gasteiger partial charge in [-0.25, -0.2) is 4.98 Å². The number of hydrogen-bond donors (Lipinski definition) is 0. The van der Waals surface area contributed by atoms with E-state index in [2.05, 4.69) is 17.1 Å². The van der Waals surface area contributed by atoms with E-state index in [1.54, 1.807) is 23.2 Å². The Hall–Kier alpha value is -3.85. The summed E-state index contributed by atoms with van der Waals surface area (Å²) in [5.41, 5.74) is 4.50. The van der Waals surface area contributed by atoms with Crippen molar-refractivity contribution in [3.63, 3.8) is 0 Å². The van der Waals surface area contributed by atoms with Crippen molar-refractivity contribution in [2.75, 3.05) is 22.9 Å². The summed E-state index contributed by atoms with van der Waals surface area (Å²) in [5.74, 6) is -0.345. The van der Waals surface area contributed by atoms with Crippen molar-refractivity contribution in [3.05, 3.63) is 87.2 Å². The van der Waals surface area contributed by atoms with Gasteiger partial charge in [0, 0.05) is 30.9 Å². The Morgan fingerprint density at radius 3 is 2.64 bits per heavy atom. The maximum absolute atomic E-state index is 13.9. The molecule has 0 aliphatic carbocycles. The number of amides is 1. The number of nitro groups is 1. The molecule has 1 aliphatic rings. The number of nitro benzene ring substituents is 1. The largest absolute Gasteiger partial charge is 0.366 e. The van der Waals surface area contributed by atoms with Crippen LogP contribution in [-0.2, 0) is 6.54 Å². The van der Waals surface area contributed by atoms with Crippen LogP contribution in [0.1, 0.15) is 46.4 Å². The molecule has 1 amide bonds. The average Bonchev–Trinajstić information content (AvgIpc) is 3.32. The van der Waals surface area contributed by atoms with Gasteiger partial charge in [0.1, 0.15) is 5.69 Å². The number of thiazole rings is 1. The van der Waals surface area contributed by atoms with E-state index >= 15 is 0 Å². The van der Waals surface area contributed by atoms with Crippen molar-refractivity contribution in [2.45, 2.75) is 39.7 Å². The number of nitrogens with zero attached hydrogens (tertiary/aromatic N) is 5. The van der Waals surface area contributed by atoms with Crippen LogP contribution in [0.5, 0.6) is 0 Å². The van der Waals surface area contributed by atoms with Gasteiger partial charge in [-0.15, -0.1) is 0 Å². The molecule has 2 aromatic carbocycles. The Bertz CT molecular complexity index is 1430. The number of aromatic nitrogens is 2. The van der Waals surface area contributed by atoms with E-state index in [1.807, 2.05) is 36.9 Å². The summed E-state index contributed by atoms with van der Waals surface area (Å²) in [6.07, 6.45) is 4.82. The van der Waals surface area contributed by atoms with Gasteiger partial charge in [0.2, 0.25) is 0 Å². The van der Waals surface area contributed by atoms with Gasteiger partial charge in [-0.05, 0) is 74.6 Å². The first-order valence-electron chi connectivity index (χ1n) is 12.0. The molecule has 2 aromatic heterocycles. The van der Waals surface area contributed by atoms with Crippen molar-refractivity contribution >= 4 is 44.0 Å². The number of piperidine rings is 1. The van der Waals surface area contributed by atoms with Gasteiger partial charge in [-0.3, -0.25) is 24.8 Å². The molecule has 0 radical (unpaired) electrons. The maximum Gasteiger partial charge on any atom is 0.293 e. The number of benzene rings is 2. The van der Waals surface area contributed by atoms with Crippen molar-refractivity contribution < 1.29 is 9.72 Å². The van der Waals surface area contributed by atoms with Crippen LogP contribution in [-0.4, -0.2) is 33.9 Å². The predicted octanol–water partition coefficient (Wildman–Crippen LogP) is 6.05. The lowest BCUT2D eigenvalue weighted by Gasteiger charge is -2.28. The average molecular weight is 502 g/mol. The van der Waals surface area contributed by atoms with Crippen LogP contribution in [0.4, 0.5) is 16.5 Å². The lowest BCUT2D eigenvalue weighted by Crippen LogP contribution is -2.32. The fourth-order valence-corrected chi connectivity index (χ4v) is 5.85. The highest BCUT2D eigenvalue weighted by molar-refractivity contribution is 7.22. The molecule has 0 saturated carbocycles. The second kappa shape index (κ2) is 10.0. The minimum atomic E-state index is -0.395. The summed E-state index contributed by atoms with van der Waals surface area (Å²) in [4.78, 5) is 38.3. The smallest absolute Gasteiger partial charge is 0.293 e. The fraction of sp³-hybridized carbons (Fsp3) is 0.296. The minimum Gasteiger partial charge on any atom is -0.366 e. The second-order valence-corrected chi connectivity index (χ2v) is 10.2. The zero-order chi connectivity index (χ0) is 25.2. The third-order valence-corrected chi connectivity index (χ3v) is 7.48. The Labute approximate surface area is 213 Å². The molecule has 9 heteroatoms. The number of rotatable bonds is 6. The Kier molecular flexibility index (Phi) is 6.65. The van der Waals surface area contributed by atoms with Crippen LogP contribution < -0.4 is 9.80 Å². The first kappa shape index (κ1) is 23.9. The number of hydrogen-bond acceptors (Lipinski definition) is 7. The predicted molar refractivity (Wildman–Crippen MR) is 143 cm³/mol. The quantitative estimate of drug-likeness (QED) is 0.236. The molecule has 1 saturated heterocycles. The molecule has 0 bridgehead atoms. The summed E-state index contributed by atoms with van der Waals surface area (Å²) in [6.45, 7) is 5.81. The molecule has 0 unspecified atom stereocenters. The van der Waals surface area contributed by atoms with Gasteiger partial charge in [0.25, 0.3) is 11.6 Å². The summed E-state index contributed by atoms with van der Waals surface area (Å²) < 4.78 is 0.993. The van der Waals surface area contributed by atoms with E-state index in [1.165, 1.54) is 17.4 Å². The molecule has 36 heavy (non-hydrogen) atoms. The number of carbonyl (C=O) groups excluding carboxylic acids is 1. The van der Waals surface area contributed by atoms with Gasteiger partial charge in [-0.2, -0.15) is 0 Å². The van der Waals surface area contributed by atoms with Gasteiger partial charge < -0.3 is 4.90 Å². The van der Waals surface area contributed by atoms with Gasteiger partial charge >= 0.3 is 0 Å². The van der Waals surface area contributed by atoms with Crippen LogP contribution in [0.3, 0.4) is 0 Å². The molecule has 4 aromatic rings. The van der Waals surface area contributed by atoms with Gasteiger partial charge in [-0.1, -0.05) is 23.5 Å². The van der Waals surface area contributed by atoms with E-state index in [0.717, 1.165) is 53.7 Å². The van der Waals surface area contributed by atoms with Crippen molar-refractivity contribution in [1.82, 2.24) is 9.97 Å². The Morgan fingerprint density at radius 2 is 1.92 bits per heavy atom. The lowest BCUT2D eigenvalue weighted by atomic mass is 10.1. The third-order valence-electron chi connectivity index (χ3n) is 6.46. The summed E-state index contributed by atoms with van der Waals surface area (Å²) in [7, 11) is 0. The highest BCUT2D eigenvalue weighted by Gasteiger charge is 2.27. The van der Waals surface area contributed by atoms with E-state index in [0.29, 0.717) is 16.5 Å². The third kappa shape index (κ3) is 4.79. The van der Waals surface area contributed by atoms with Crippen molar-refractivity contribution in [2.24, 2.45) is 0 Å². The molecule has 0 atom stereocenters. The van der Waals surface area contributed by atoms with Crippen LogP contribution in [0.15, 0.2) is 54.7 Å². The molecule has 0 N–H and O–H groups in total. The molecule has 0 spiro atoms. The topological polar surface area (TPSA) is 92.5 Å². The number of fused-ring (bicyclic) bond motifs is 1. The molecule has 5 rings (SSSR count). The minimum absolute atomic E-state index is 0.0451. The van der Waals surface area contributed by atoms with Gasteiger partial charge in [0.05, 0.1) is 27.4 Å². The molecule has 1 fully saturated rings. The maximum atomic E-state index is 13.9. The number of anilines is 2. The molecule has 184 valence electrons. The lowest BCUT2D eigenvalue weighted by molar-refractivity contribution is -0.384. The summed E-state index contributed by atoms with van der Waals surface area (Å²) in [5, 5.41) is 12.5. The SMILES string of the molecule is Cc1cc(C)c2nc(N(Cc3ccccn3)C(=O)c3ccc(N4CCCCC4)c([N+](=O)[O-])c3)sc2c1. The highest BCUT2D eigenvalue weighted by atomic mass is 32.1. The Balaban J connectivity index is 1.56. The van der Waals surface area contributed by atoms with Crippen molar-refractivity contribution in [3.8, 4) is 0 Å². The number of carbonyl (C=O) groups is 1. The fourth-order valence-electron chi connectivity index (χ4n) is 4.72. The van der Waals surface area contributed by atoms with Crippen LogP contribution >= 0.6 is 11.3 Å². The number of aryl methyl sites for hydroxylation is 2. The summed E-state index contributed by atoms with van der Waals surface area (Å²) >= 11 is 1.44. The first-order chi connectivity index (χ1) is 17.4. The van der Waals surface area contributed by atoms with Crippen LogP contribution in [0.25, 0.3) is 10.2 Å². The van der Waals surface area contributed by atoms with E-state index < -0.39 is 4.92 Å². The normalized spacial score (nSPS) is 13.7. The van der Waals surface area contributed by atoms with E-state index in [9.17, 15) is 14.9 Å². The Morgan fingerprint density at radius 1 is 1.11 bits per heavy atom.